The summed E-state index contributed by atoms with van der Waals surface area (Å²) in [6.45, 7) is 1.16. The Morgan fingerprint density at radius 2 is 2.17 bits per heavy atom. The van der Waals surface area contributed by atoms with Gasteiger partial charge in [0.25, 0.3) is 0 Å². The van der Waals surface area contributed by atoms with Gasteiger partial charge < -0.3 is 10.3 Å². The first-order valence-corrected chi connectivity index (χ1v) is 5.77. The van der Waals surface area contributed by atoms with Gasteiger partial charge in [-0.1, -0.05) is 12.1 Å². The minimum absolute atomic E-state index is 0.546. The number of aromatic nitrogens is 5. The SMILES string of the molecule is Cn1nnc(Cn2ccc3c(CN)cccc32)n1. The van der Waals surface area contributed by atoms with Crippen molar-refractivity contribution in [1.29, 1.82) is 0 Å². The first-order chi connectivity index (χ1) is 8.78. The fourth-order valence-corrected chi connectivity index (χ4v) is 2.14. The Morgan fingerprint density at radius 1 is 1.28 bits per heavy atom. The van der Waals surface area contributed by atoms with Gasteiger partial charge in [-0.15, -0.1) is 10.2 Å². The molecule has 2 aromatic heterocycles. The lowest BCUT2D eigenvalue weighted by molar-refractivity contribution is 0.626. The maximum atomic E-state index is 5.73. The fourth-order valence-electron chi connectivity index (χ4n) is 2.14. The average Bonchev–Trinajstić information content (AvgIpc) is 2.97. The van der Waals surface area contributed by atoms with Gasteiger partial charge in [0.15, 0.2) is 5.82 Å². The molecule has 0 unspecified atom stereocenters. The molecule has 0 atom stereocenters. The van der Waals surface area contributed by atoms with Gasteiger partial charge >= 0.3 is 0 Å². The molecule has 0 aliphatic heterocycles. The number of hydrogen-bond donors (Lipinski definition) is 1. The number of fused-ring (bicyclic) bond motifs is 1. The van der Waals surface area contributed by atoms with Crippen molar-refractivity contribution in [3.8, 4) is 0 Å². The minimum Gasteiger partial charge on any atom is -0.340 e. The summed E-state index contributed by atoms with van der Waals surface area (Å²) in [6, 6.07) is 8.22. The summed E-state index contributed by atoms with van der Waals surface area (Å²) in [7, 11) is 1.76. The van der Waals surface area contributed by atoms with Gasteiger partial charge in [0.2, 0.25) is 0 Å². The largest absolute Gasteiger partial charge is 0.340 e. The van der Waals surface area contributed by atoms with Crippen molar-refractivity contribution < 1.29 is 0 Å². The number of hydrogen-bond acceptors (Lipinski definition) is 4. The Kier molecular flexibility index (Phi) is 2.56. The van der Waals surface area contributed by atoms with Gasteiger partial charge in [-0.2, -0.15) is 4.80 Å². The second-order valence-corrected chi connectivity index (χ2v) is 4.19. The molecule has 0 saturated heterocycles. The van der Waals surface area contributed by atoms with E-state index in [-0.39, 0.29) is 0 Å². The van der Waals surface area contributed by atoms with Crippen LogP contribution in [-0.4, -0.2) is 24.8 Å². The molecule has 0 saturated carbocycles. The Labute approximate surface area is 104 Å². The first-order valence-electron chi connectivity index (χ1n) is 5.77. The van der Waals surface area contributed by atoms with Gasteiger partial charge in [0.05, 0.1) is 13.6 Å². The normalized spacial score (nSPS) is 11.2. The van der Waals surface area contributed by atoms with Crippen molar-refractivity contribution >= 4 is 10.9 Å². The van der Waals surface area contributed by atoms with E-state index in [9.17, 15) is 0 Å². The van der Waals surface area contributed by atoms with Gasteiger partial charge in [0.1, 0.15) is 0 Å². The number of benzene rings is 1. The van der Waals surface area contributed by atoms with Gasteiger partial charge in [-0.05, 0) is 22.9 Å². The summed E-state index contributed by atoms with van der Waals surface area (Å²) in [6.07, 6.45) is 2.03. The molecular formula is C12H14N6. The molecule has 0 aliphatic carbocycles. The van der Waals surface area contributed by atoms with E-state index < -0.39 is 0 Å². The molecule has 2 heterocycles. The van der Waals surface area contributed by atoms with Crippen LogP contribution in [-0.2, 0) is 20.1 Å². The van der Waals surface area contributed by atoms with E-state index in [4.69, 9.17) is 5.73 Å². The highest BCUT2D eigenvalue weighted by Crippen LogP contribution is 2.20. The standard InChI is InChI=1S/C12H14N6/c1-17-15-12(14-16-17)8-18-6-5-10-9(7-13)3-2-4-11(10)18/h2-6H,7-8,13H2,1H3. The Hall–Kier alpha value is -2.21. The summed E-state index contributed by atoms with van der Waals surface area (Å²) in [4.78, 5) is 1.46. The van der Waals surface area contributed by atoms with Crippen LogP contribution in [0.15, 0.2) is 30.5 Å². The number of nitrogens with two attached hydrogens (primary N) is 1. The predicted molar refractivity (Wildman–Crippen MR) is 67.7 cm³/mol. The van der Waals surface area contributed by atoms with Crippen molar-refractivity contribution in [2.75, 3.05) is 0 Å². The quantitative estimate of drug-likeness (QED) is 0.732. The molecule has 18 heavy (non-hydrogen) atoms. The monoisotopic (exact) mass is 242 g/mol. The van der Waals surface area contributed by atoms with Crippen molar-refractivity contribution in [2.24, 2.45) is 12.8 Å². The summed E-state index contributed by atoms with van der Waals surface area (Å²) in [5, 5.41) is 13.2. The van der Waals surface area contributed by atoms with Gasteiger partial charge in [-0.25, -0.2) is 0 Å². The van der Waals surface area contributed by atoms with Crippen LogP contribution >= 0.6 is 0 Å². The third-order valence-electron chi connectivity index (χ3n) is 2.99. The highest BCUT2D eigenvalue weighted by Gasteiger charge is 2.07. The predicted octanol–water partition coefficient (Wildman–Crippen LogP) is 0.672. The van der Waals surface area contributed by atoms with E-state index >= 15 is 0 Å². The number of rotatable bonds is 3. The van der Waals surface area contributed by atoms with E-state index in [0.29, 0.717) is 18.9 Å². The molecule has 6 nitrogen and oxygen atoms in total. The molecule has 0 spiro atoms. The number of nitrogens with zero attached hydrogens (tertiary/aromatic N) is 5. The summed E-state index contributed by atoms with van der Waals surface area (Å²) in [5.74, 6) is 0.702. The second kappa shape index (κ2) is 4.23. The third-order valence-corrected chi connectivity index (χ3v) is 2.99. The topological polar surface area (TPSA) is 74.5 Å². The molecule has 0 aliphatic rings. The van der Waals surface area contributed by atoms with E-state index in [1.54, 1.807) is 7.05 Å². The van der Waals surface area contributed by atoms with Crippen LogP contribution in [0.25, 0.3) is 10.9 Å². The second-order valence-electron chi connectivity index (χ2n) is 4.19. The Morgan fingerprint density at radius 3 is 2.89 bits per heavy atom. The summed E-state index contributed by atoms with van der Waals surface area (Å²) < 4.78 is 2.10. The molecule has 1 aromatic carbocycles. The third kappa shape index (κ3) is 1.76. The molecule has 6 heteroatoms. The van der Waals surface area contributed by atoms with Crippen LogP contribution < -0.4 is 5.73 Å². The van der Waals surface area contributed by atoms with Crippen LogP contribution in [0, 0.1) is 0 Å². The van der Waals surface area contributed by atoms with E-state index in [0.717, 1.165) is 11.1 Å². The van der Waals surface area contributed by atoms with E-state index in [1.165, 1.54) is 10.2 Å². The molecule has 0 fully saturated rings. The van der Waals surface area contributed by atoms with Gasteiger partial charge in [0, 0.05) is 23.6 Å². The molecule has 3 aromatic rings. The maximum absolute atomic E-state index is 5.73. The lowest BCUT2D eigenvalue weighted by Gasteiger charge is -2.03. The fraction of sp³-hybridized carbons (Fsp3) is 0.250. The maximum Gasteiger partial charge on any atom is 0.194 e. The van der Waals surface area contributed by atoms with Crippen LogP contribution in [0.3, 0.4) is 0 Å². The molecular weight excluding hydrogens is 228 g/mol. The zero-order valence-electron chi connectivity index (χ0n) is 10.1. The highest BCUT2D eigenvalue weighted by atomic mass is 15.6. The molecule has 2 N–H and O–H groups in total. The molecule has 0 radical (unpaired) electrons. The number of tetrazole rings is 1. The van der Waals surface area contributed by atoms with Crippen LogP contribution in [0.4, 0.5) is 0 Å². The lowest BCUT2D eigenvalue weighted by Crippen LogP contribution is -2.02. The molecule has 3 rings (SSSR count). The van der Waals surface area contributed by atoms with E-state index in [2.05, 4.69) is 32.1 Å². The van der Waals surface area contributed by atoms with Crippen molar-refractivity contribution in [3.05, 3.63) is 41.9 Å². The summed E-state index contributed by atoms with van der Waals surface area (Å²) >= 11 is 0. The lowest BCUT2D eigenvalue weighted by atomic mass is 10.1. The smallest absolute Gasteiger partial charge is 0.194 e. The molecule has 0 bridgehead atoms. The van der Waals surface area contributed by atoms with Crippen molar-refractivity contribution in [3.63, 3.8) is 0 Å². The van der Waals surface area contributed by atoms with Crippen LogP contribution in [0.2, 0.25) is 0 Å². The van der Waals surface area contributed by atoms with Crippen molar-refractivity contribution in [1.82, 2.24) is 24.8 Å². The zero-order valence-corrected chi connectivity index (χ0v) is 10.1. The van der Waals surface area contributed by atoms with Crippen LogP contribution in [0.5, 0.6) is 0 Å². The highest BCUT2D eigenvalue weighted by molar-refractivity contribution is 5.83. The Balaban J connectivity index is 2.02. The first kappa shape index (κ1) is 10.9. The average molecular weight is 242 g/mol. The Bertz CT molecular complexity index is 681. The zero-order chi connectivity index (χ0) is 12.5. The van der Waals surface area contributed by atoms with Crippen molar-refractivity contribution in [2.45, 2.75) is 13.1 Å². The molecule has 0 amide bonds. The van der Waals surface area contributed by atoms with E-state index in [1.807, 2.05) is 18.3 Å². The molecule has 92 valence electrons. The number of aryl methyl sites for hydroxylation is 1. The van der Waals surface area contributed by atoms with Gasteiger partial charge in [-0.3, -0.25) is 0 Å². The van der Waals surface area contributed by atoms with Crippen LogP contribution in [0.1, 0.15) is 11.4 Å². The minimum atomic E-state index is 0.546. The summed E-state index contributed by atoms with van der Waals surface area (Å²) in [5.41, 5.74) is 8.03.